The van der Waals surface area contributed by atoms with Crippen molar-refractivity contribution < 1.29 is 104 Å². The van der Waals surface area contributed by atoms with Crippen LogP contribution < -0.4 is 10.6 Å². The monoisotopic (exact) mass is 1170 g/mol. The summed E-state index contributed by atoms with van der Waals surface area (Å²) in [6.45, 7) is 2.12. The summed E-state index contributed by atoms with van der Waals surface area (Å²) in [5.74, 6) is -6.11. The molecule has 14 N–H and O–H groups in total. The number of allylic oxidation sites excluding steroid dienone is 2. The van der Waals surface area contributed by atoms with Gasteiger partial charge in [0.2, 0.25) is 11.8 Å². The molecule has 18 unspecified atom stereocenters. The van der Waals surface area contributed by atoms with Crippen molar-refractivity contribution in [1.29, 1.82) is 0 Å². The number of nitrogens with one attached hydrogen (secondary N) is 2. The summed E-state index contributed by atoms with van der Waals surface area (Å²) in [6.07, 6.45) is 3.89. The Morgan fingerprint density at radius 3 is 1.70 bits per heavy atom. The number of carboxylic acids is 1. The number of hydrogen-bond donors (Lipinski definition) is 14. The van der Waals surface area contributed by atoms with Crippen LogP contribution in [-0.2, 0) is 42.8 Å². The quantitative estimate of drug-likeness (QED) is 0.0308. The first-order chi connectivity index (χ1) is 38.9. The Labute approximate surface area is 480 Å². The van der Waals surface area contributed by atoms with Crippen LogP contribution in [0.3, 0.4) is 0 Å². The van der Waals surface area contributed by atoms with Crippen molar-refractivity contribution in [2.24, 2.45) is 0 Å². The third-order valence-electron chi connectivity index (χ3n) is 15.7. The SMILES string of the molecule is CCCC/C=C\CCCCCCCC(=O)NC(COC1OC(CO)C(OC2OC(CO)C(O)C(OC3(C(=O)O)CC(O)C(NC(C)=O)C(C(O)C(O)CO)O3)C2O)C(O)C1O)C(O)CCCCCCCCCCCCCCCCCC. The van der Waals surface area contributed by atoms with E-state index in [1.807, 2.05) is 0 Å². The summed E-state index contributed by atoms with van der Waals surface area (Å²) in [7, 11) is 0. The molecule has 0 bridgehead atoms. The lowest BCUT2D eigenvalue weighted by Crippen LogP contribution is -2.70. The smallest absolute Gasteiger partial charge is 0.364 e. The second-order valence-corrected chi connectivity index (χ2v) is 22.6. The third-order valence-corrected chi connectivity index (χ3v) is 15.7. The first-order valence-corrected chi connectivity index (χ1v) is 30.5. The standard InChI is InChI=1S/C58H106N2O21/c1-4-6-8-10-12-14-16-17-18-19-20-22-23-25-27-29-31-40(65)39(60-45(68)32-30-28-26-24-21-15-13-11-9-7-5-2)37-76-55-50(72)49(71)52(44(36-63)78-55)79-56-51(73)54(48(70)43(35-62)77-56)81-58(57(74)75)33-41(66)46(59-38(3)64)53(80-58)47(69)42(67)34-61/h11,13,39-44,46-56,61-63,65-67,69-73H,4-10,12,14-37H2,1-3H3,(H,59,64)(H,60,68)(H,74,75)/b13-11-. The van der Waals surface area contributed by atoms with E-state index < -0.39 is 148 Å². The molecule has 0 aliphatic carbocycles. The van der Waals surface area contributed by atoms with Gasteiger partial charge in [0.15, 0.2) is 12.6 Å². The molecule has 2 amide bonds. The highest BCUT2D eigenvalue weighted by molar-refractivity contribution is 5.77. The molecule has 0 aromatic rings. The average Bonchev–Trinajstić information content (AvgIpc) is 3.61. The van der Waals surface area contributed by atoms with Gasteiger partial charge in [0.1, 0.15) is 67.1 Å². The van der Waals surface area contributed by atoms with E-state index in [1.165, 1.54) is 83.5 Å². The first kappa shape index (κ1) is 72.7. The van der Waals surface area contributed by atoms with Gasteiger partial charge in [-0.3, -0.25) is 9.59 Å². The molecule has 0 saturated carbocycles. The minimum atomic E-state index is -3.08. The maximum Gasteiger partial charge on any atom is 0.364 e. The molecule has 0 aromatic carbocycles. The number of amides is 2. The van der Waals surface area contributed by atoms with Gasteiger partial charge >= 0.3 is 5.97 Å². The Balaban J connectivity index is 1.66. The van der Waals surface area contributed by atoms with Gasteiger partial charge in [0.25, 0.3) is 5.79 Å². The van der Waals surface area contributed by atoms with Crippen LogP contribution in [0.4, 0.5) is 0 Å². The van der Waals surface area contributed by atoms with Crippen molar-refractivity contribution in [3.8, 4) is 0 Å². The van der Waals surface area contributed by atoms with Crippen molar-refractivity contribution in [2.45, 2.75) is 310 Å². The Morgan fingerprint density at radius 2 is 1.16 bits per heavy atom. The number of aliphatic carboxylic acids is 1. The van der Waals surface area contributed by atoms with Gasteiger partial charge in [-0.25, -0.2) is 4.79 Å². The zero-order valence-electron chi connectivity index (χ0n) is 48.6. The fourth-order valence-corrected chi connectivity index (χ4v) is 10.8. The van der Waals surface area contributed by atoms with E-state index >= 15 is 0 Å². The number of rotatable bonds is 44. The Morgan fingerprint density at radius 1 is 0.630 bits per heavy atom. The van der Waals surface area contributed by atoms with Gasteiger partial charge < -0.3 is 100 Å². The van der Waals surface area contributed by atoms with Crippen LogP contribution in [0.1, 0.15) is 201 Å². The molecular weight excluding hydrogens is 1060 g/mol. The molecule has 3 aliphatic rings. The number of ether oxygens (including phenoxy) is 6. The van der Waals surface area contributed by atoms with Crippen molar-refractivity contribution in [1.82, 2.24) is 10.6 Å². The number of carbonyl (C=O) groups excluding carboxylic acids is 2. The highest BCUT2D eigenvalue weighted by Crippen LogP contribution is 2.38. The number of aliphatic hydroxyl groups excluding tert-OH is 11. The topological polar surface area (TPSA) is 373 Å². The maximum absolute atomic E-state index is 13.3. The van der Waals surface area contributed by atoms with Crippen molar-refractivity contribution in [3.05, 3.63) is 12.2 Å². The van der Waals surface area contributed by atoms with Crippen molar-refractivity contribution >= 4 is 17.8 Å². The summed E-state index contributed by atoms with van der Waals surface area (Å²) in [5.41, 5.74) is 0. The largest absolute Gasteiger partial charge is 0.477 e. The molecule has 23 heteroatoms. The van der Waals surface area contributed by atoms with E-state index in [0.29, 0.717) is 19.3 Å². The average molecular weight is 1170 g/mol. The second kappa shape index (κ2) is 40.7. The fourth-order valence-electron chi connectivity index (χ4n) is 10.8. The van der Waals surface area contributed by atoms with Crippen molar-refractivity contribution in [3.63, 3.8) is 0 Å². The van der Waals surface area contributed by atoms with E-state index in [1.54, 1.807) is 0 Å². The first-order valence-electron chi connectivity index (χ1n) is 30.5. The highest BCUT2D eigenvalue weighted by atomic mass is 16.8. The fraction of sp³-hybridized carbons (Fsp3) is 0.914. The molecule has 3 saturated heterocycles. The lowest BCUT2D eigenvalue weighted by molar-refractivity contribution is -0.386. The summed E-state index contributed by atoms with van der Waals surface area (Å²) in [4.78, 5) is 38.3. The van der Waals surface area contributed by atoms with Gasteiger partial charge in [0.05, 0.1) is 50.7 Å². The number of carboxylic acid groups (broad SMARTS) is 1. The van der Waals surface area contributed by atoms with Gasteiger partial charge in [-0.05, 0) is 32.1 Å². The van der Waals surface area contributed by atoms with Crippen LogP contribution in [0, 0.1) is 0 Å². The van der Waals surface area contributed by atoms with Gasteiger partial charge in [-0.15, -0.1) is 0 Å². The molecule has 0 aromatic heterocycles. The predicted molar refractivity (Wildman–Crippen MR) is 297 cm³/mol. The Kier molecular flexibility index (Phi) is 36.6. The third kappa shape index (κ3) is 25.1. The Bertz CT molecular complexity index is 1720. The molecule has 3 heterocycles. The molecule has 81 heavy (non-hydrogen) atoms. The molecule has 18 atom stereocenters. The molecular formula is C58H106N2O21. The van der Waals surface area contributed by atoms with Crippen LogP contribution in [0.15, 0.2) is 12.2 Å². The number of carbonyl (C=O) groups is 3. The molecule has 474 valence electrons. The second-order valence-electron chi connectivity index (χ2n) is 22.6. The highest BCUT2D eigenvalue weighted by Gasteiger charge is 2.60. The van der Waals surface area contributed by atoms with E-state index in [9.17, 15) is 75.7 Å². The zero-order valence-corrected chi connectivity index (χ0v) is 48.6. The zero-order chi connectivity index (χ0) is 59.7. The summed E-state index contributed by atoms with van der Waals surface area (Å²) in [5, 5.41) is 136. The predicted octanol–water partition coefficient (Wildman–Crippen LogP) is 2.78. The summed E-state index contributed by atoms with van der Waals surface area (Å²) >= 11 is 0. The molecule has 3 fully saturated rings. The van der Waals surface area contributed by atoms with Crippen LogP contribution in [0.2, 0.25) is 0 Å². The normalized spacial score (nSPS) is 30.5. The lowest BCUT2D eigenvalue weighted by Gasteiger charge is -2.50. The molecule has 3 rings (SSSR count). The van der Waals surface area contributed by atoms with Crippen LogP contribution >= 0.6 is 0 Å². The number of aliphatic hydroxyl groups is 11. The minimum Gasteiger partial charge on any atom is -0.477 e. The van der Waals surface area contributed by atoms with Crippen molar-refractivity contribution in [2.75, 3.05) is 26.4 Å². The molecule has 3 aliphatic heterocycles. The van der Waals surface area contributed by atoms with E-state index in [-0.39, 0.29) is 18.9 Å². The van der Waals surface area contributed by atoms with Gasteiger partial charge in [0, 0.05) is 19.8 Å². The lowest BCUT2D eigenvalue weighted by atomic mass is 9.88. The van der Waals surface area contributed by atoms with E-state index in [0.717, 1.165) is 71.1 Å². The van der Waals surface area contributed by atoms with E-state index in [4.69, 9.17) is 28.4 Å². The van der Waals surface area contributed by atoms with Crippen LogP contribution in [0.25, 0.3) is 0 Å². The summed E-state index contributed by atoms with van der Waals surface area (Å²) in [6, 6.07) is -2.53. The van der Waals surface area contributed by atoms with Gasteiger partial charge in [-0.2, -0.15) is 0 Å². The summed E-state index contributed by atoms with van der Waals surface area (Å²) < 4.78 is 34.7. The molecule has 0 radical (unpaired) electrons. The maximum atomic E-state index is 13.3. The minimum absolute atomic E-state index is 0.213. The van der Waals surface area contributed by atoms with Crippen LogP contribution in [0.5, 0.6) is 0 Å². The van der Waals surface area contributed by atoms with Gasteiger partial charge in [-0.1, -0.05) is 161 Å². The number of hydrogen-bond acceptors (Lipinski definition) is 20. The molecule has 0 spiro atoms. The molecule has 23 nitrogen and oxygen atoms in total. The van der Waals surface area contributed by atoms with E-state index in [2.05, 4.69) is 36.6 Å². The number of unbranched alkanes of at least 4 members (excludes halogenated alkanes) is 22. The Hall–Kier alpha value is -2.53. The van der Waals surface area contributed by atoms with Crippen LogP contribution in [-0.4, -0.2) is 215 Å².